The molecular formula is C27H25ClN4O2. The molecule has 3 N–H and O–H groups in total. The monoisotopic (exact) mass is 472 g/mol. The lowest BCUT2D eigenvalue weighted by Gasteiger charge is -2.32. The van der Waals surface area contributed by atoms with E-state index in [1.54, 1.807) is 6.92 Å². The minimum atomic E-state index is -0.792. The molecule has 3 aromatic carbocycles. The number of hydrogen-bond acceptors (Lipinski definition) is 4. The Balaban J connectivity index is 1.40. The summed E-state index contributed by atoms with van der Waals surface area (Å²) in [7, 11) is 0. The fourth-order valence-electron chi connectivity index (χ4n) is 4.40. The summed E-state index contributed by atoms with van der Waals surface area (Å²) < 4.78 is 0. The molecule has 2 heterocycles. The lowest BCUT2D eigenvalue weighted by Crippen LogP contribution is -2.42. The van der Waals surface area contributed by atoms with Gasteiger partial charge in [0.25, 0.3) is 0 Å². The molecule has 5 rings (SSSR count). The smallest absolute Gasteiger partial charge is 0.320 e. The topological polar surface area (TPSA) is 81.2 Å². The number of carbonyl (C=O) groups is 1. The van der Waals surface area contributed by atoms with Crippen molar-refractivity contribution in [1.82, 2.24) is 14.9 Å². The van der Waals surface area contributed by atoms with Crippen LogP contribution in [0.2, 0.25) is 5.02 Å². The third-order valence-corrected chi connectivity index (χ3v) is 6.69. The van der Waals surface area contributed by atoms with Gasteiger partial charge in [-0.05, 0) is 54.3 Å². The molecule has 0 fully saturated rings. The third kappa shape index (κ3) is 4.42. The Morgan fingerprint density at radius 2 is 1.97 bits per heavy atom. The number of rotatable bonds is 6. The molecular weight excluding hydrogens is 448 g/mol. The quantitative estimate of drug-likeness (QED) is 0.322. The Kier molecular flexibility index (Phi) is 6.09. The Morgan fingerprint density at radius 3 is 2.76 bits per heavy atom. The molecule has 0 saturated carbocycles. The number of nitrogens with zero attached hydrogens (tertiary/aromatic N) is 2. The number of benzene rings is 3. The summed E-state index contributed by atoms with van der Waals surface area (Å²) in [5.41, 5.74) is 7.12. The van der Waals surface area contributed by atoms with Crippen molar-refractivity contribution < 1.29 is 9.90 Å². The molecule has 1 aromatic heterocycles. The number of aromatic amines is 1. The average Bonchev–Trinajstić information content (AvgIpc) is 3.35. The van der Waals surface area contributed by atoms with Crippen LogP contribution in [0.4, 0.5) is 11.4 Å². The van der Waals surface area contributed by atoms with Gasteiger partial charge in [-0.1, -0.05) is 54.1 Å². The average molecular weight is 473 g/mol. The molecule has 1 atom stereocenters. The Labute approximate surface area is 203 Å². The fraction of sp³-hybridized carbons (Fsp3) is 0.185. The number of aliphatic carboxylic acids is 1. The summed E-state index contributed by atoms with van der Waals surface area (Å²) in [6.07, 6.45) is 2.60. The zero-order chi connectivity index (χ0) is 23.7. The summed E-state index contributed by atoms with van der Waals surface area (Å²) >= 11 is 6.53. The molecule has 6 nitrogen and oxygen atoms in total. The first-order valence-corrected chi connectivity index (χ1v) is 11.6. The van der Waals surface area contributed by atoms with E-state index in [1.807, 2.05) is 65.7 Å². The molecule has 34 heavy (non-hydrogen) atoms. The van der Waals surface area contributed by atoms with Crippen LogP contribution in [0.1, 0.15) is 18.1 Å². The summed E-state index contributed by atoms with van der Waals surface area (Å²) in [6.45, 7) is 3.07. The molecule has 7 heteroatoms. The van der Waals surface area contributed by atoms with Crippen LogP contribution in [-0.4, -0.2) is 38.5 Å². The molecule has 1 aliphatic rings. The summed E-state index contributed by atoms with van der Waals surface area (Å²) in [5.74, 6) is -0.0827. The van der Waals surface area contributed by atoms with Gasteiger partial charge in [0.2, 0.25) is 0 Å². The number of H-pyrrole nitrogens is 1. The Bertz CT molecular complexity index is 1340. The lowest BCUT2D eigenvalue weighted by atomic mass is 9.96. The molecule has 0 radical (unpaired) electrons. The van der Waals surface area contributed by atoms with Crippen LogP contribution in [0.25, 0.3) is 22.6 Å². The Hall–Kier alpha value is -3.61. The molecule has 0 spiro atoms. The van der Waals surface area contributed by atoms with Crippen LogP contribution in [0.15, 0.2) is 72.9 Å². The van der Waals surface area contributed by atoms with E-state index in [4.69, 9.17) is 11.6 Å². The van der Waals surface area contributed by atoms with Gasteiger partial charge >= 0.3 is 5.97 Å². The van der Waals surface area contributed by atoms with Gasteiger partial charge in [0.15, 0.2) is 0 Å². The van der Waals surface area contributed by atoms with Crippen LogP contribution in [0.3, 0.4) is 0 Å². The van der Waals surface area contributed by atoms with E-state index in [9.17, 15) is 9.90 Å². The molecule has 0 aliphatic carbocycles. The molecule has 4 aromatic rings. The first-order valence-electron chi connectivity index (χ1n) is 11.2. The SMILES string of the molecule is C[C@@H](C(=O)O)N1CCc2c(cccc2Nc2ccc(Cl)c(-c3ncc(-c4ccccc4)[nH]3)c2)C1. The van der Waals surface area contributed by atoms with Crippen LogP contribution in [0.5, 0.6) is 0 Å². The maximum atomic E-state index is 11.4. The summed E-state index contributed by atoms with van der Waals surface area (Å²) in [6, 6.07) is 21.5. The highest BCUT2D eigenvalue weighted by atomic mass is 35.5. The largest absolute Gasteiger partial charge is 0.480 e. The molecule has 0 saturated heterocycles. The van der Waals surface area contributed by atoms with Gasteiger partial charge in [0.05, 0.1) is 16.9 Å². The number of aromatic nitrogens is 2. The van der Waals surface area contributed by atoms with Crippen molar-refractivity contribution in [3.05, 3.63) is 89.1 Å². The predicted octanol–water partition coefficient (Wildman–Crippen LogP) is 5.97. The van der Waals surface area contributed by atoms with Crippen molar-refractivity contribution in [1.29, 1.82) is 0 Å². The van der Waals surface area contributed by atoms with E-state index in [-0.39, 0.29) is 0 Å². The van der Waals surface area contributed by atoms with Crippen LogP contribution >= 0.6 is 11.6 Å². The van der Waals surface area contributed by atoms with Crippen molar-refractivity contribution in [2.75, 3.05) is 11.9 Å². The van der Waals surface area contributed by atoms with E-state index in [0.717, 1.165) is 40.2 Å². The van der Waals surface area contributed by atoms with Crippen molar-refractivity contribution in [2.24, 2.45) is 0 Å². The minimum absolute atomic E-state index is 0.502. The maximum Gasteiger partial charge on any atom is 0.320 e. The van der Waals surface area contributed by atoms with Gasteiger partial charge in [-0.15, -0.1) is 0 Å². The third-order valence-electron chi connectivity index (χ3n) is 6.36. The van der Waals surface area contributed by atoms with Crippen molar-refractivity contribution >= 4 is 28.9 Å². The van der Waals surface area contributed by atoms with Crippen LogP contribution in [-0.2, 0) is 17.8 Å². The van der Waals surface area contributed by atoms with Crippen molar-refractivity contribution in [3.8, 4) is 22.6 Å². The van der Waals surface area contributed by atoms with Crippen LogP contribution < -0.4 is 5.32 Å². The standard InChI is InChI=1S/C27H25ClN4O2/c1-17(27(33)34)32-13-12-21-19(16-32)8-5-9-24(21)30-20-10-11-23(28)22(14-20)26-29-15-25(31-26)18-6-3-2-4-7-18/h2-11,14-15,17,30H,12-13,16H2,1H3,(H,29,31)(H,33,34)/t17-/m0/s1. The minimum Gasteiger partial charge on any atom is -0.480 e. The van der Waals surface area contributed by atoms with E-state index in [1.165, 1.54) is 5.56 Å². The molecule has 0 amide bonds. The molecule has 1 aliphatic heterocycles. The highest BCUT2D eigenvalue weighted by molar-refractivity contribution is 6.33. The van der Waals surface area contributed by atoms with Gasteiger partial charge in [0, 0.05) is 30.0 Å². The number of fused-ring (bicyclic) bond motifs is 1. The first-order chi connectivity index (χ1) is 16.5. The normalized spacial score (nSPS) is 14.4. The fourth-order valence-corrected chi connectivity index (χ4v) is 4.60. The maximum absolute atomic E-state index is 11.4. The van der Waals surface area contributed by atoms with E-state index < -0.39 is 12.0 Å². The molecule has 0 unspecified atom stereocenters. The zero-order valence-corrected chi connectivity index (χ0v) is 19.5. The van der Waals surface area contributed by atoms with Gasteiger partial charge in [-0.2, -0.15) is 0 Å². The Morgan fingerprint density at radius 1 is 1.15 bits per heavy atom. The number of imidazole rings is 1. The predicted molar refractivity (Wildman–Crippen MR) is 135 cm³/mol. The van der Waals surface area contributed by atoms with Crippen molar-refractivity contribution in [2.45, 2.75) is 25.9 Å². The second kappa shape index (κ2) is 9.33. The van der Waals surface area contributed by atoms with Gasteiger partial charge in [0.1, 0.15) is 11.9 Å². The zero-order valence-electron chi connectivity index (χ0n) is 18.8. The first kappa shape index (κ1) is 22.2. The van der Waals surface area contributed by atoms with E-state index >= 15 is 0 Å². The van der Waals surface area contributed by atoms with E-state index in [0.29, 0.717) is 23.9 Å². The molecule has 0 bridgehead atoms. The highest BCUT2D eigenvalue weighted by Crippen LogP contribution is 2.34. The highest BCUT2D eigenvalue weighted by Gasteiger charge is 2.26. The summed E-state index contributed by atoms with van der Waals surface area (Å²) in [4.78, 5) is 21.3. The lowest BCUT2D eigenvalue weighted by molar-refractivity contribution is -0.143. The van der Waals surface area contributed by atoms with Gasteiger partial charge in [-0.25, -0.2) is 4.98 Å². The van der Waals surface area contributed by atoms with Gasteiger partial charge in [-0.3, -0.25) is 9.69 Å². The van der Waals surface area contributed by atoms with Crippen molar-refractivity contribution in [3.63, 3.8) is 0 Å². The number of nitrogens with one attached hydrogen (secondary N) is 2. The second-order valence-corrected chi connectivity index (χ2v) is 8.92. The second-order valence-electron chi connectivity index (χ2n) is 8.51. The number of carboxylic acids is 1. The molecule has 172 valence electrons. The number of carboxylic acid groups (broad SMARTS) is 1. The number of halogens is 1. The summed E-state index contributed by atoms with van der Waals surface area (Å²) in [5, 5.41) is 13.5. The number of hydrogen-bond donors (Lipinski definition) is 3. The van der Waals surface area contributed by atoms with E-state index in [2.05, 4.69) is 27.4 Å². The number of anilines is 2. The van der Waals surface area contributed by atoms with Crippen LogP contribution in [0, 0.1) is 0 Å². The van der Waals surface area contributed by atoms with Gasteiger partial charge < -0.3 is 15.4 Å².